The molecule has 0 aliphatic heterocycles. The van der Waals surface area contributed by atoms with E-state index in [0.717, 1.165) is 121 Å². The third-order valence-electron chi connectivity index (χ3n) is 17.1. The van der Waals surface area contributed by atoms with E-state index in [1.54, 1.807) is 0 Å². The normalized spacial score (nSPS) is 14.7. The van der Waals surface area contributed by atoms with E-state index in [1.165, 1.54) is 104 Å². The molecule has 112 heavy (non-hydrogen) atoms. The van der Waals surface area contributed by atoms with Crippen LogP contribution in [0, 0.1) is 62.5 Å². The number of hydrogen-bond donors (Lipinski definition) is 0. The summed E-state index contributed by atoms with van der Waals surface area (Å²) < 4.78 is 487. The van der Waals surface area contributed by atoms with Crippen LogP contribution in [0.4, 0.5) is 119 Å². The third-order valence-corrected chi connectivity index (χ3v) is 37.4. The summed E-state index contributed by atoms with van der Waals surface area (Å²) in [4.78, 5) is -2.92. The van der Waals surface area contributed by atoms with Crippen LogP contribution in [-0.2, 0) is 40.1 Å². The Hall–Kier alpha value is -6.27. The predicted molar refractivity (Wildman–Crippen MR) is 367 cm³/mol. The quantitative estimate of drug-likeness (QED) is 0.0360. The molecule has 0 aliphatic rings. The molecule has 8 aromatic carbocycles. The van der Waals surface area contributed by atoms with Gasteiger partial charge in [0, 0.05) is 0 Å². The molecule has 0 aromatic heterocycles. The Morgan fingerprint density at radius 3 is 0.688 bits per heavy atom. The van der Waals surface area contributed by atoms with Crippen molar-refractivity contribution in [2.24, 2.45) is 0 Å². The van der Waals surface area contributed by atoms with E-state index in [1.807, 2.05) is 0 Å². The van der Waals surface area contributed by atoms with Gasteiger partial charge in [0.15, 0.2) is 0 Å². The van der Waals surface area contributed by atoms with Gasteiger partial charge in [-0.3, -0.25) is 0 Å². The second kappa shape index (κ2) is 30.7. The molecule has 0 fully saturated rings. The topological polar surface area (TPSA) is 130 Å². The summed E-state index contributed by atoms with van der Waals surface area (Å²) in [6.07, 6.45) is -22.5. The fraction of sp³-hybridized carbons (Fsp3) is 0.294. The molecule has 0 atom stereocenters. The first-order chi connectivity index (χ1) is 50.8. The van der Waals surface area contributed by atoms with Gasteiger partial charge in [0.05, 0.1) is 0 Å². The zero-order valence-corrected chi connectivity index (χ0v) is 65.2. The molecular formula is C68H52F27IO9S7. The molecule has 8 rings (SSSR count). The van der Waals surface area contributed by atoms with Crippen molar-refractivity contribution in [2.45, 2.75) is 174 Å². The SMILES string of the molecule is Cc1cccc(S(OS(=O)(=O)C(F)(F)C(F)(F)C(F)(F)C(F)(F)F)(c2ccc(Sc3ccc(I(OS(=O)(=O)C(F)(F)C(F)(F)C(F)(F)C(F)(F)F)c4ccc(Sc5ccc(S(OS(=O)(=O)C(F)(F)C(F)(F)C(F)(F)C(F)(F)F)(c6cccc(C)c6C)c6cccc(C)c6C)cc5)cc4)cc3)cc2)c2cccc(C)c2C)c1C. The number of rotatable bonds is 27. The molecule has 8 aromatic rings. The molecule has 44 heteroatoms. The van der Waals surface area contributed by atoms with Gasteiger partial charge in [0.2, 0.25) is 0 Å². The van der Waals surface area contributed by atoms with Crippen LogP contribution in [0.25, 0.3) is 0 Å². The fourth-order valence-corrected chi connectivity index (χ4v) is 30.3. The number of hydrogen-bond acceptors (Lipinski definition) is 11. The van der Waals surface area contributed by atoms with Crippen LogP contribution in [-0.4, -0.2) is 95.1 Å². The Kier molecular flexibility index (Phi) is 25.0. The van der Waals surface area contributed by atoms with Crippen LogP contribution < -0.4 is 0 Å². The van der Waals surface area contributed by atoms with Gasteiger partial charge in [0.1, 0.15) is 0 Å². The van der Waals surface area contributed by atoms with Gasteiger partial charge in [-0.1, -0.05) is 48.5 Å². The summed E-state index contributed by atoms with van der Waals surface area (Å²) >= 11 is -3.85. The smallest absolute Gasteiger partial charge is 0.0608 e. The third kappa shape index (κ3) is 15.4. The molecule has 0 unspecified atom stereocenters. The summed E-state index contributed by atoms with van der Waals surface area (Å²) in [7, 11) is -32.5. The Morgan fingerprint density at radius 2 is 0.473 bits per heavy atom. The maximum atomic E-state index is 15.9. The van der Waals surface area contributed by atoms with Crippen molar-refractivity contribution in [3.8, 4) is 0 Å². The van der Waals surface area contributed by atoms with Crippen LogP contribution >= 0.6 is 64.4 Å². The molecule has 9 nitrogen and oxygen atoms in total. The Morgan fingerprint density at radius 1 is 0.268 bits per heavy atom. The fourth-order valence-electron chi connectivity index (χ4n) is 10.2. The summed E-state index contributed by atoms with van der Waals surface area (Å²) in [5.41, 5.74) is 0.783. The first kappa shape index (κ1) is 91.3. The Balaban J connectivity index is 1.21. The summed E-state index contributed by atoms with van der Waals surface area (Å²) in [5.74, 6) is -46.6. The molecule has 0 bridgehead atoms. The van der Waals surface area contributed by atoms with Crippen LogP contribution in [0.2, 0.25) is 0 Å². The second-order valence-corrected chi connectivity index (χ2v) is 41.9. The average molecular weight is 1880 g/mol. The van der Waals surface area contributed by atoms with Crippen LogP contribution in [0.5, 0.6) is 0 Å². The minimum atomic E-state index is -7.83. The van der Waals surface area contributed by atoms with Crippen molar-refractivity contribution in [3.05, 3.63) is 222 Å². The average Bonchev–Trinajstić information content (AvgIpc) is 0.713. The van der Waals surface area contributed by atoms with Crippen LogP contribution in [0.1, 0.15) is 44.5 Å². The van der Waals surface area contributed by atoms with Gasteiger partial charge in [-0.25, -0.2) is 0 Å². The number of halogens is 28. The standard InChI is InChI=1S/C68H52F27IO9S7/c1-37-13-9-17-53(41(37)5)108(54-18-10-14-38(2)42(54)6,104-111(99,100)67(92,93)61(77,78)58(71,72)64(84,85)86)51-33-29-49(30-34-51)106-47-25-21-45(22-26-47)96(103-110(97,98)66(90,91)60(75,76)57(69,70)63(81,82)83)46-23-27-48(28-24-46)107-50-31-35-52(36-32-50)109(55-19-11-15-39(3)43(55)7,56-20-12-16-40(4)44(56)8)105-112(101,102)68(94,95)62(79,80)59(73,74)65(87,88)89/h9-36H,1-8H3. The van der Waals surface area contributed by atoms with Gasteiger partial charge in [0.25, 0.3) is 0 Å². The van der Waals surface area contributed by atoms with E-state index in [-0.39, 0.29) is 64.1 Å². The predicted octanol–water partition coefficient (Wildman–Crippen LogP) is 24.6. The van der Waals surface area contributed by atoms with E-state index >= 15 is 43.9 Å². The van der Waals surface area contributed by atoms with Crippen molar-refractivity contribution in [2.75, 3.05) is 0 Å². The summed E-state index contributed by atoms with van der Waals surface area (Å²) in [5, 5.41) is -22.2. The molecule has 0 spiro atoms. The van der Waals surface area contributed by atoms with Crippen molar-refractivity contribution >= 4 is 94.7 Å². The molecule has 0 saturated heterocycles. The minimum absolute atomic E-state index is 0.0226. The molecular weight excluding hydrogens is 1830 g/mol. The van der Waals surface area contributed by atoms with Crippen LogP contribution in [0.3, 0.4) is 0 Å². The molecule has 0 radical (unpaired) electrons. The first-order valence-electron chi connectivity index (χ1n) is 30.6. The maximum absolute atomic E-state index is 15.9. The zero-order valence-electron chi connectivity index (χ0n) is 57.3. The van der Waals surface area contributed by atoms with Crippen LogP contribution in [0.15, 0.2) is 219 Å². The molecule has 0 saturated carbocycles. The van der Waals surface area contributed by atoms with E-state index in [9.17, 15) is 99.9 Å². The van der Waals surface area contributed by atoms with E-state index in [2.05, 4.69) is 2.51 Å². The molecule has 0 N–H and O–H groups in total. The van der Waals surface area contributed by atoms with Gasteiger partial charge in [-0.05, 0) is 77.6 Å². The minimum Gasteiger partial charge on any atom is -0.0608 e. The van der Waals surface area contributed by atoms with Gasteiger partial charge in [-0.2, -0.15) is 95.9 Å². The number of alkyl halides is 27. The van der Waals surface area contributed by atoms with Crippen molar-refractivity contribution in [1.82, 2.24) is 0 Å². The second-order valence-electron chi connectivity index (χ2n) is 24.3. The summed E-state index contributed by atoms with van der Waals surface area (Å²) in [6.45, 7) is 10.6. The first-order valence-corrected chi connectivity index (χ1v) is 42.6. The van der Waals surface area contributed by atoms with E-state index < -0.39 is 178 Å². The van der Waals surface area contributed by atoms with E-state index in [0.29, 0.717) is 23.5 Å². The zero-order chi connectivity index (χ0) is 85.0. The monoisotopic (exact) mass is 1880 g/mol. The number of benzene rings is 8. The Labute approximate surface area is 639 Å². The molecule has 0 amide bonds. The molecule has 0 heterocycles. The number of aryl methyl sites for hydroxylation is 4. The summed E-state index contributed by atoms with van der Waals surface area (Å²) in [6, 6.07) is 29.9. The van der Waals surface area contributed by atoms with Crippen molar-refractivity contribution < 1.29 is 154 Å². The van der Waals surface area contributed by atoms with Gasteiger partial charge in [-0.15, -0.1) is 0 Å². The Bertz CT molecular complexity index is 4820. The van der Waals surface area contributed by atoms with Gasteiger partial charge >= 0.3 is 422 Å². The van der Waals surface area contributed by atoms with Crippen molar-refractivity contribution in [3.63, 3.8) is 0 Å². The van der Waals surface area contributed by atoms with Gasteiger partial charge < -0.3 is 0 Å². The molecule has 616 valence electrons. The van der Waals surface area contributed by atoms with Crippen molar-refractivity contribution in [1.29, 1.82) is 0 Å². The van der Waals surface area contributed by atoms with E-state index in [4.69, 9.17) is 7.26 Å². The molecule has 0 aliphatic carbocycles.